The largest absolute Gasteiger partial charge is 0.351 e. The van der Waals surface area contributed by atoms with Gasteiger partial charge in [-0.25, -0.2) is 8.42 Å². The highest BCUT2D eigenvalue weighted by Gasteiger charge is 2.22. The van der Waals surface area contributed by atoms with E-state index in [1.165, 1.54) is 6.92 Å². The van der Waals surface area contributed by atoms with E-state index in [0.29, 0.717) is 0 Å². The first-order chi connectivity index (χ1) is 7.41. The molecule has 0 saturated heterocycles. The molecule has 0 radical (unpaired) electrons. The van der Waals surface area contributed by atoms with Gasteiger partial charge >= 0.3 is 0 Å². The lowest BCUT2D eigenvalue weighted by molar-refractivity contribution is -0.120. The van der Waals surface area contributed by atoms with Gasteiger partial charge in [0, 0.05) is 25.2 Å². The van der Waals surface area contributed by atoms with Crippen LogP contribution in [-0.2, 0) is 21.2 Å². The van der Waals surface area contributed by atoms with Gasteiger partial charge in [-0.2, -0.15) is 0 Å². The molecular weight excluding hydrogens is 228 g/mol. The molecule has 0 fully saturated rings. The predicted molar refractivity (Wildman–Crippen MR) is 60.4 cm³/mol. The molecule has 1 N–H and O–H groups in total. The van der Waals surface area contributed by atoms with Gasteiger partial charge in [-0.1, -0.05) is 6.07 Å². The van der Waals surface area contributed by atoms with Crippen molar-refractivity contribution in [2.75, 3.05) is 6.26 Å². The summed E-state index contributed by atoms with van der Waals surface area (Å²) in [6, 6.07) is 3.56. The van der Waals surface area contributed by atoms with Crippen LogP contribution < -0.4 is 5.32 Å². The Balaban J connectivity index is 2.54. The lowest BCUT2D eigenvalue weighted by atomic mass is 10.3. The lowest BCUT2D eigenvalue weighted by Gasteiger charge is -2.09. The molecule has 1 rings (SSSR count). The molecular formula is C10H14N2O3S. The van der Waals surface area contributed by atoms with Crippen LogP contribution in [0.15, 0.2) is 24.5 Å². The topological polar surface area (TPSA) is 76.1 Å². The second-order valence-corrected chi connectivity index (χ2v) is 5.92. The summed E-state index contributed by atoms with van der Waals surface area (Å²) < 4.78 is 22.2. The first-order valence-electron chi connectivity index (χ1n) is 4.76. The zero-order valence-corrected chi connectivity index (χ0v) is 9.99. The molecule has 1 unspecified atom stereocenters. The Morgan fingerprint density at radius 1 is 1.56 bits per heavy atom. The molecule has 5 nitrogen and oxygen atoms in total. The number of sulfone groups is 1. The monoisotopic (exact) mass is 242 g/mol. The molecule has 0 aliphatic heterocycles. The van der Waals surface area contributed by atoms with Crippen LogP contribution in [0.5, 0.6) is 0 Å². The highest BCUT2D eigenvalue weighted by atomic mass is 32.2. The Bertz CT molecular complexity index is 456. The fourth-order valence-electron chi connectivity index (χ4n) is 1.03. The number of carbonyl (C=O) groups is 1. The molecule has 0 aliphatic carbocycles. The van der Waals surface area contributed by atoms with Crippen LogP contribution >= 0.6 is 0 Å². The Morgan fingerprint density at radius 2 is 2.25 bits per heavy atom. The van der Waals surface area contributed by atoms with Crippen molar-refractivity contribution in [3.8, 4) is 0 Å². The van der Waals surface area contributed by atoms with E-state index >= 15 is 0 Å². The van der Waals surface area contributed by atoms with Crippen molar-refractivity contribution in [1.82, 2.24) is 10.3 Å². The van der Waals surface area contributed by atoms with Gasteiger partial charge in [0.2, 0.25) is 5.91 Å². The van der Waals surface area contributed by atoms with Gasteiger partial charge in [0.25, 0.3) is 0 Å². The standard InChI is InChI=1S/C10H14N2O3S/c1-8(16(2,14)15)10(13)12-7-9-4-3-5-11-6-9/h3-6,8H,7H2,1-2H3,(H,12,13). The zero-order valence-electron chi connectivity index (χ0n) is 9.17. The molecule has 1 aromatic heterocycles. The molecule has 1 aromatic rings. The average molecular weight is 242 g/mol. The molecule has 0 saturated carbocycles. The van der Waals surface area contributed by atoms with Crippen molar-refractivity contribution in [3.63, 3.8) is 0 Å². The molecule has 16 heavy (non-hydrogen) atoms. The number of aromatic nitrogens is 1. The number of rotatable bonds is 4. The summed E-state index contributed by atoms with van der Waals surface area (Å²) in [4.78, 5) is 15.3. The van der Waals surface area contributed by atoms with Crippen molar-refractivity contribution in [2.45, 2.75) is 18.7 Å². The van der Waals surface area contributed by atoms with Crippen molar-refractivity contribution < 1.29 is 13.2 Å². The molecule has 0 aliphatic rings. The van der Waals surface area contributed by atoms with Crippen LogP contribution in [0.4, 0.5) is 0 Å². The summed E-state index contributed by atoms with van der Waals surface area (Å²) >= 11 is 0. The first-order valence-corrected chi connectivity index (χ1v) is 6.72. The average Bonchev–Trinajstić information content (AvgIpc) is 2.25. The SMILES string of the molecule is CC(C(=O)NCc1cccnc1)S(C)(=O)=O. The molecule has 1 heterocycles. The summed E-state index contributed by atoms with van der Waals surface area (Å²) in [5.41, 5.74) is 0.830. The Morgan fingerprint density at radius 3 is 2.75 bits per heavy atom. The third-order valence-corrected chi connectivity index (χ3v) is 3.70. The van der Waals surface area contributed by atoms with Crippen LogP contribution in [0.2, 0.25) is 0 Å². The molecule has 0 bridgehead atoms. The van der Waals surface area contributed by atoms with Crippen LogP contribution in [-0.4, -0.2) is 30.8 Å². The van der Waals surface area contributed by atoms with E-state index in [4.69, 9.17) is 0 Å². The Kier molecular flexibility index (Phi) is 4.00. The van der Waals surface area contributed by atoms with Gasteiger partial charge in [-0.3, -0.25) is 9.78 Å². The number of hydrogen-bond donors (Lipinski definition) is 1. The smallest absolute Gasteiger partial charge is 0.238 e. The maximum absolute atomic E-state index is 11.5. The molecule has 0 aromatic carbocycles. The summed E-state index contributed by atoms with van der Waals surface area (Å²) in [6.45, 7) is 1.65. The maximum Gasteiger partial charge on any atom is 0.238 e. The van der Waals surface area contributed by atoms with E-state index in [1.54, 1.807) is 24.5 Å². The maximum atomic E-state index is 11.5. The van der Waals surface area contributed by atoms with Crippen molar-refractivity contribution in [3.05, 3.63) is 30.1 Å². The number of nitrogens with zero attached hydrogens (tertiary/aromatic N) is 1. The van der Waals surface area contributed by atoms with Crippen LogP contribution in [0, 0.1) is 0 Å². The second kappa shape index (κ2) is 5.07. The van der Waals surface area contributed by atoms with Crippen LogP contribution in [0.25, 0.3) is 0 Å². The highest BCUT2D eigenvalue weighted by Crippen LogP contribution is 1.99. The normalized spacial score (nSPS) is 13.1. The minimum absolute atomic E-state index is 0.284. The van der Waals surface area contributed by atoms with E-state index in [1.807, 2.05) is 0 Å². The van der Waals surface area contributed by atoms with E-state index in [2.05, 4.69) is 10.3 Å². The summed E-state index contributed by atoms with van der Waals surface area (Å²) in [6.07, 6.45) is 4.29. The number of carbonyl (C=O) groups excluding carboxylic acids is 1. The minimum Gasteiger partial charge on any atom is -0.351 e. The van der Waals surface area contributed by atoms with Crippen molar-refractivity contribution in [2.24, 2.45) is 0 Å². The molecule has 88 valence electrons. The third kappa shape index (κ3) is 3.62. The van der Waals surface area contributed by atoms with Gasteiger partial charge in [-0.15, -0.1) is 0 Å². The molecule has 1 atom stereocenters. The van der Waals surface area contributed by atoms with Crippen molar-refractivity contribution >= 4 is 15.7 Å². The fraction of sp³-hybridized carbons (Fsp3) is 0.400. The molecule has 6 heteroatoms. The van der Waals surface area contributed by atoms with Gasteiger partial charge < -0.3 is 5.32 Å². The summed E-state index contributed by atoms with van der Waals surface area (Å²) in [5, 5.41) is 1.52. The minimum atomic E-state index is -3.33. The number of pyridine rings is 1. The van der Waals surface area contributed by atoms with Crippen molar-refractivity contribution in [1.29, 1.82) is 0 Å². The van der Waals surface area contributed by atoms with E-state index in [-0.39, 0.29) is 6.54 Å². The van der Waals surface area contributed by atoms with E-state index in [0.717, 1.165) is 11.8 Å². The first kappa shape index (κ1) is 12.6. The van der Waals surface area contributed by atoms with E-state index in [9.17, 15) is 13.2 Å². The molecule has 0 spiro atoms. The van der Waals surface area contributed by atoms with Crippen LogP contribution in [0.1, 0.15) is 12.5 Å². The quantitative estimate of drug-likeness (QED) is 0.814. The number of hydrogen-bond acceptors (Lipinski definition) is 4. The predicted octanol–water partition coefficient (Wildman–Crippen LogP) is 0.131. The van der Waals surface area contributed by atoms with Gasteiger partial charge in [0.1, 0.15) is 5.25 Å². The zero-order chi connectivity index (χ0) is 12.2. The summed E-state index contributed by atoms with van der Waals surface area (Å²) in [5.74, 6) is -0.494. The second-order valence-electron chi connectivity index (χ2n) is 3.55. The van der Waals surface area contributed by atoms with Crippen LogP contribution in [0.3, 0.4) is 0 Å². The van der Waals surface area contributed by atoms with Gasteiger partial charge in [-0.05, 0) is 18.6 Å². The Labute approximate surface area is 94.8 Å². The number of nitrogens with one attached hydrogen (secondary N) is 1. The Hall–Kier alpha value is -1.43. The number of amides is 1. The van der Waals surface area contributed by atoms with Gasteiger partial charge in [0.15, 0.2) is 9.84 Å². The lowest BCUT2D eigenvalue weighted by Crippen LogP contribution is -2.37. The summed E-state index contributed by atoms with van der Waals surface area (Å²) in [7, 11) is -3.33. The fourth-order valence-corrected chi connectivity index (χ4v) is 1.50. The van der Waals surface area contributed by atoms with E-state index < -0.39 is 21.0 Å². The highest BCUT2D eigenvalue weighted by molar-refractivity contribution is 7.92. The van der Waals surface area contributed by atoms with Gasteiger partial charge in [0.05, 0.1) is 0 Å². The third-order valence-electron chi connectivity index (χ3n) is 2.20. The molecule has 1 amide bonds.